The second-order valence-electron chi connectivity index (χ2n) is 9.12. The smallest absolute Gasteiger partial charge is 0.408 e. The first kappa shape index (κ1) is 27.1. The standard InChI is InChI=1S/C24H38ClNO5/c1-9-17(10-2)21(30-19-13-11-18(25)12-14-19)16(5)29-22(27)20(15(3)4)26-23(28)31-24(6,7)8/h11-17,20-21H,9-10H2,1-8H3,(H,26,28)/t16-,20-,21-/m0/s1. The van der Waals surface area contributed by atoms with Gasteiger partial charge >= 0.3 is 12.1 Å². The molecule has 0 saturated heterocycles. The number of carbonyl (C=O) groups is 2. The average molecular weight is 456 g/mol. The van der Waals surface area contributed by atoms with Crippen LogP contribution >= 0.6 is 11.6 Å². The van der Waals surface area contributed by atoms with Crippen LogP contribution in [-0.4, -0.2) is 35.9 Å². The summed E-state index contributed by atoms with van der Waals surface area (Å²) in [5.41, 5.74) is -0.657. The zero-order valence-electron chi connectivity index (χ0n) is 20.0. The molecule has 1 amide bonds. The van der Waals surface area contributed by atoms with Gasteiger partial charge in [0.15, 0.2) is 0 Å². The van der Waals surface area contributed by atoms with E-state index in [0.717, 1.165) is 12.8 Å². The number of ether oxygens (including phenoxy) is 3. The summed E-state index contributed by atoms with van der Waals surface area (Å²) in [6, 6.07) is 6.30. The largest absolute Gasteiger partial charge is 0.486 e. The van der Waals surface area contributed by atoms with E-state index in [1.807, 2.05) is 20.8 Å². The molecule has 0 fully saturated rings. The van der Waals surface area contributed by atoms with Gasteiger partial charge in [0, 0.05) is 5.02 Å². The zero-order valence-corrected chi connectivity index (χ0v) is 20.8. The van der Waals surface area contributed by atoms with Gasteiger partial charge in [-0.05, 0) is 76.6 Å². The number of carbonyl (C=O) groups excluding carboxylic acids is 2. The van der Waals surface area contributed by atoms with E-state index in [1.54, 1.807) is 45.0 Å². The highest BCUT2D eigenvalue weighted by atomic mass is 35.5. The van der Waals surface area contributed by atoms with Gasteiger partial charge < -0.3 is 19.5 Å². The Labute approximate surface area is 192 Å². The molecule has 0 spiro atoms. The summed E-state index contributed by atoms with van der Waals surface area (Å²) in [6.45, 7) is 15.0. The van der Waals surface area contributed by atoms with Crippen LogP contribution in [0.15, 0.2) is 24.3 Å². The number of alkyl carbamates (subject to hydrolysis) is 1. The highest BCUT2D eigenvalue weighted by molar-refractivity contribution is 6.30. The molecule has 1 aromatic rings. The Kier molecular flexibility index (Phi) is 10.6. The van der Waals surface area contributed by atoms with Gasteiger partial charge in [-0.25, -0.2) is 9.59 Å². The molecule has 0 aliphatic heterocycles. The summed E-state index contributed by atoms with van der Waals surface area (Å²) in [5, 5.41) is 3.26. The third-order valence-corrected chi connectivity index (χ3v) is 5.21. The number of rotatable bonds is 10. The Morgan fingerprint density at radius 1 is 1.03 bits per heavy atom. The molecule has 0 radical (unpaired) electrons. The van der Waals surface area contributed by atoms with Crippen LogP contribution in [0.25, 0.3) is 0 Å². The minimum atomic E-state index is -0.824. The van der Waals surface area contributed by atoms with E-state index in [4.69, 9.17) is 25.8 Å². The molecule has 3 atom stereocenters. The van der Waals surface area contributed by atoms with Crippen LogP contribution in [0.5, 0.6) is 5.75 Å². The molecular formula is C24H38ClNO5. The summed E-state index contributed by atoms with van der Waals surface area (Å²) in [5.74, 6) is 0.173. The maximum atomic E-state index is 12.9. The van der Waals surface area contributed by atoms with Crippen molar-refractivity contribution >= 4 is 23.7 Å². The first-order valence-electron chi connectivity index (χ1n) is 11.0. The lowest BCUT2D eigenvalue weighted by molar-refractivity contribution is -0.158. The van der Waals surface area contributed by atoms with Crippen molar-refractivity contribution in [1.29, 1.82) is 0 Å². The third kappa shape index (κ3) is 9.38. The van der Waals surface area contributed by atoms with E-state index >= 15 is 0 Å². The molecule has 0 heterocycles. The van der Waals surface area contributed by atoms with Gasteiger partial charge in [-0.2, -0.15) is 0 Å². The molecule has 1 rings (SSSR count). The monoisotopic (exact) mass is 455 g/mol. The van der Waals surface area contributed by atoms with Crippen LogP contribution in [0.3, 0.4) is 0 Å². The van der Waals surface area contributed by atoms with Gasteiger partial charge in [-0.3, -0.25) is 0 Å². The first-order valence-corrected chi connectivity index (χ1v) is 11.4. The fourth-order valence-electron chi connectivity index (χ4n) is 3.25. The van der Waals surface area contributed by atoms with Crippen molar-refractivity contribution in [2.24, 2.45) is 11.8 Å². The quantitative estimate of drug-likeness (QED) is 0.437. The molecule has 0 aliphatic rings. The fraction of sp³-hybridized carbons (Fsp3) is 0.667. The van der Waals surface area contributed by atoms with Crippen LogP contribution < -0.4 is 10.1 Å². The molecule has 0 bridgehead atoms. The summed E-state index contributed by atoms with van der Waals surface area (Å²) in [7, 11) is 0. The normalized spacial score (nSPS) is 14.7. The Bertz CT molecular complexity index is 695. The van der Waals surface area contributed by atoms with Crippen molar-refractivity contribution in [2.75, 3.05) is 0 Å². The van der Waals surface area contributed by atoms with Gasteiger partial charge in [0.2, 0.25) is 0 Å². The number of hydrogen-bond donors (Lipinski definition) is 1. The predicted molar refractivity (Wildman–Crippen MR) is 123 cm³/mol. The summed E-state index contributed by atoms with van der Waals surface area (Å²) < 4.78 is 17.3. The van der Waals surface area contributed by atoms with Crippen molar-refractivity contribution in [2.45, 2.75) is 92.1 Å². The van der Waals surface area contributed by atoms with Crippen LogP contribution in [-0.2, 0) is 14.3 Å². The van der Waals surface area contributed by atoms with Crippen LogP contribution in [0.1, 0.15) is 68.2 Å². The van der Waals surface area contributed by atoms with Crippen molar-refractivity contribution in [3.8, 4) is 5.75 Å². The highest BCUT2D eigenvalue weighted by Gasteiger charge is 2.34. The number of benzene rings is 1. The summed E-state index contributed by atoms with van der Waals surface area (Å²) in [6.07, 6.45) is 0.245. The maximum Gasteiger partial charge on any atom is 0.408 e. The first-order chi connectivity index (χ1) is 14.4. The number of amides is 1. The minimum Gasteiger partial charge on any atom is -0.486 e. The molecular weight excluding hydrogens is 418 g/mol. The van der Waals surface area contributed by atoms with E-state index < -0.39 is 29.8 Å². The molecule has 0 unspecified atom stereocenters. The number of esters is 1. The highest BCUT2D eigenvalue weighted by Crippen LogP contribution is 2.26. The van der Waals surface area contributed by atoms with Crippen molar-refractivity contribution in [3.05, 3.63) is 29.3 Å². The van der Waals surface area contributed by atoms with Crippen molar-refractivity contribution in [3.63, 3.8) is 0 Å². The third-order valence-electron chi connectivity index (χ3n) is 4.96. The number of hydrogen-bond acceptors (Lipinski definition) is 5. The lowest BCUT2D eigenvalue weighted by Crippen LogP contribution is -2.49. The van der Waals surface area contributed by atoms with Crippen LogP contribution in [0.2, 0.25) is 5.02 Å². The van der Waals surface area contributed by atoms with Crippen LogP contribution in [0, 0.1) is 11.8 Å². The zero-order chi connectivity index (χ0) is 23.8. The second-order valence-corrected chi connectivity index (χ2v) is 9.56. The lowest BCUT2D eigenvalue weighted by Gasteiger charge is -2.32. The number of nitrogens with one attached hydrogen (secondary N) is 1. The second kappa shape index (κ2) is 12.2. The molecule has 31 heavy (non-hydrogen) atoms. The molecule has 176 valence electrons. The molecule has 6 nitrogen and oxygen atoms in total. The molecule has 7 heteroatoms. The van der Waals surface area contributed by atoms with Gasteiger partial charge in [0.05, 0.1) is 0 Å². The van der Waals surface area contributed by atoms with Crippen LogP contribution in [0.4, 0.5) is 4.79 Å². The van der Waals surface area contributed by atoms with Crippen molar-refractivity contribution in [1.82, 2.24) is 5.32 Å². The molecule has 1 aromatic carbocycles. The lowest BCUT2D eigenvalue weighted by atomic mass is 9.93. The Balaban J connectivity index is 2.94. The average Bonchev–Trinajstić information content (AvgIpc) is 2.66. The molecule has 0 saturated carbocycles. The van der Waals surface area contributed by atoms with E-state index in [2.05, 4.69) is 19.2 Å². The molecule has 0 aliphatic carbocycles. The van der Waals surface area contributed by atoms with E-state index in [0.29, 0.717) is 10.8 Å². The topological polar surface area (TPSA) is 73.9 Å². The van der Waals surface area contributed by atoms with E-state index in [1.165, 1.54) is 0 Å². The van der Waals surface area contributed by atoms with Gasteiger partial charge in [-0.1, -0.05) is 39.3 Å². The van der Waals surface area contributed by atoms with Gasteiger partial charge in [-0.15, -0.1) is 0 Å². The van der Waals surface area contributed by atoms with E-state index in [-0.39, 0.29) is 17.9 Å². The molecule has 1 N–H and O–H groups in total. The SMILES string of the molecule is CCC(CC)[C@@H](Oc1ccc(Cl)cc1)[C@H](C)OC(=O)[C@@H](NC(=O)OC(C)(C)C)C(C)C. The Hall–Kier alpha value is -1.95. The van der Waals surface area contributed by atoms with Gasteiger partial charge in [0.25, 0.3) is 0 Å². The minimum absolute atomic E-state index is 0.170. The molecule has 0 aromatic heterocycles. The summed E-state index contributed by atoms with van der Waals surface area (Å²) in [4.78, 5) is 25.1. The van der Waals surface area contributed by atoms with Gasteiger partial charge in [0.1, 0.15) is 29.6 Å². The fourth-order valence-corrected chi connectivity index (χ4v) is 3.38. The number of halogens is 1. The summed E-state index contributed by atoms with van der Waals surface area (Å²) >= 11 is 5.97. The Morgan fingerprint density at radius 2 is 1.58 bits per heavy atom. The predicted octanol–water partition coefficient (Wildman–Crippen LogP) is 6.00. The Morgan fingerprint density at radius 3 is 2.03 bits per heavy atom. The van der Waals surface area contributed by atoms with E-state index in [9.17, 15) is 9.59 Å². The van der Waals surface area contributed by atoms with Crippen molar-refractivity contribution < 1.29 is 23.8 Å². The maximum absolute atomic E-state index is 12.9.